The van der Waals surface area contributed by atoms with Crippen LogP contribution < -0.4 is 5.73 Å². The highest BCUT2D eigenvalue weighted by atomic mass is 16.3. The Hall–Kier alpha value is -0.610. The largest absolute Gasteiger partial charge is 0.392 e. The number of aliphatic hydroxyl groups is 1. The van der Waals surface area contributed by atoms with Gasteiger partial charge in [-0.15, -0.1) is 0 Å². The molecule has 1 aliphatic heterocycles. The van der Waals surface area contributed by atoms with Gasteiger partial charge in [-0.05, 0) is 19.3 Å². The molecule has 0 spiro atoms. The number of nitrogens with one attached hydrogen (secondary N) is 1. The Morgan fingerprint density at radius 2 is 2.23 bits per heavy atom. The summed E-state index contributed by atoms with van der Waals surface area (Å²) >= 11 is 0. The number of piperidine rings is 1. The second-order valence-electron chi connectivity index (χ2n) is 4.08. The highest BCUT2D eigenvalue weighted by molar-refractivity contribution is 5.82. The van der Waals surface area contributed by atoms with Crippen LogP contribution >= 0.6 is 0 Å². The van der Waals surface area contributed by atoms with Crippen molar-refractivity contribution in [3.8, 4) is 0 Å². The van der Waals surface area contributed by atoms with Crippen LogP contribution in [-0.2, 0) is 0 Å². The predicted octanol–water partition coefficient (Wildman–Crippen LogP) is 0.0136. The molecule has 0 aromatic rings. The summed E-state index contributed by atoms with van der Waals surface area (Å²) in [5.41, 5.74) is 5.42. The van der Waals surface area contributed by atoms with E-state index in [1.54, 1.807) is 0 Å². The molecule has 0 saturated carbocycles. The van der Waals surface area contributed by atoms with Crippen molar-refractivity contribution < 1.29 is 5.11 Å². The number of nitrogens with zero attached hydrogens (tertiary/aromatic N) is 1. The van der Waals surface area contributed by atoms with Crippen LogP contribution in [0.3, 0.4) is 0 Å². The zero-order valence-corrected chi connectivity index (χ0v) is 8.33. The molecule has 1 saturated heterocycles. The second kappa shape index (κ2) is 4.07. The van der Waals surface area contributed by atoms with Gasteiger partial charge in [0.1, 0.15) is 5.84 Å². The SMILES string of the molecule is CC1CC(O)CN(C(C)C(=N)N)C1. The normalized spacial score (nSPS) is 32.8. The van der Waals surface area contributed by atoms with Crippen molar-refractivity contribution in [1.82, 2.24) is 4.90 Å². The third-order valence-corrected chi connectivity index (χ3v) is 2.66. The Morgan fingerprint density at radius 1 is 1.62 bits per heavy atom. The smallest absolute Gasteiger partial charge is 0.108 e. The number of hydrogen-bond acceptors (Lipinski definition) is 3. The van der Waals surface area contributed by atoms with Crippen LogP contribution in [0.1, 0.15) is 20.3 Å². The lowest BCUT2D eigenvalue weighted by Crippen LogP contribution is -2.50. The first-order valence-electron chi connectivity index (χ1n) is 4.76. The molecule has 1 rings (SSSR count). The number of rotatable bonds is 2. The Bertz CT molecular complexity index is 185. The summed E-state index contributed by atoms with van der Waals surface area (Å²) in [4.78, 5) is 2.07. The maximum Gasteiger partial charge on any atom is 0.108 e. The monoisotopic (exact) mass is 185 g/mol. The fourth-order valence-electron chi connectivity index (χ4n) is 1.87. The second-order valence-corrected chi connectivity index (χ2v) is 4.08. The van der Waals surface area contributed by atoms with Gasteiger partial charge in [-0.3, -0.25) is 10.3 Å². The maximum absolute atomic E-state index is 9.53. The van der Waals surface area contributed by atoms with Gasteiger partial charge >= 0.3 is 0 Å². The number of nitrogens with two attached hydrogens (primary N) is 1. The van der Waals surface area contributed by atoms with Gasteiger partial charge < -0.3 is 10.8 Å². The van der Waals surface area contributed by atoms with Crippen molar-refractivity contribution in [1.29, 1.82) is 5.41 Å². The van der Waals surface area contributed by atoms with Crippen LogP contribution in [0.2, 0.25) is 0 Å². The fraction of sp³-hybridized carbons (Fsp3) is 0.889. The summed E-state index contributed by atoms with van der Waals surface area (Å²) in [6.45, 7) is 5.60. The van der Waals surface area contributed by atoms with Gasteiger partial charge in [0.2, 0.25) is 0 Å². The van der Waals surface area contributed by atoms with Crippen LogP contribution in [0.5, 0.6) is 0 Å². The molecule has 0 aromatic heterocycles. The molecular weight excluding hydrogens is 166 g/mol. The third kappa shape index (κ3) is 2.67. The lowest BCUT2D eigenvalue weighted by atomic mass is 9.96. The quantitative estimate of drug-likeness (QED) is 0.419. The minimum atomic E-state index is -0.259. The molecule has 0 aliphatic carbocycles. The van der Waals surface area contributed by atoms with Gasteiger partial charge in [0.15, 0.2) is 0 Å². The zero-order valence-electron chi connectivity index (χ0n) is 8.33. The number of amidine groups is 1. The van der Waals surface area contributed by atoms with Crippen LogP contribution in [0.15, 0.2) is 0 Å². The molecule has 76 valence electrons. The standard InChI is InChI=1S/C9H19N3O/c1-6-3-8(13)5-12(4-6)7(2)9(10)11/h6-8,13H,3-5H2,1-2H3,(H3,10,11). The van der Waals surface area contributed by atoms with Crippen molar-refractivity contribution >= 4 is 5.84 Å². The van der Waals surface area contributed by atoms with E-state index < -0.39 is 0 Å². The van der Waals surface area contributed by atoms with Gasteiger partial charge in [0, 0.05) is 13.1 Å². The van der Waals surface area contributed by atoms with E-state index in [-0.39, 0.29) is 18.0 Å². The Kier molecular flexibility index (Phi) is 3.27. The van der Waals surface area contributed by atoms with Gasteiger partial charge in [-0.25, -0.2) is 0 Å². The average Bonchev–Trinajstić information content (AvgIpc) is 2.01. The number of likely N-dealkylation sites (tertiary alicyclic amines) is 1. The van der Waals surface area contributed by atoms with Crippen molar-refractivity contribution in [3.05, 3.63) is 0 Å². The molecule has 0 radical (unpaired) electrons. The molecule has 0 bridgehead atoms. The molecule has 3 unspecified atom stereocenters. The van der Waals surface area contributed by atoms with E-state index in [1.165, 1.54) is 0 Å². The topological polar surface area (TPSA) is 73.3 Å². The van der Waals surface area contributed by atoms with E-state index >= 15 is 0 Å². The summed E-state index contributed by atoms with van der Waals surface area (Å²) in [6.07, 6.45) is 0.603. The van der Waals surface area contributed by atoms with Gasteiger partial charge in [0.05, 0.1) is 12.1 Å². The van der Waals surface area contributed by atoms with Crippen LogP contribution in [-0.4, -0.2) is 41.1 Å². The average molecular weight is 185 g/mol. The fourth-order valence-corrected chi connectivity index (χ4v) is 1.87. The highest BCUT2D eigenvalue weighted by Crippen LogP contribution is 2.17. The summed E-state index contributed by atoms with van der Waals surface area (Å²) in [5.74, 6) is 0.673. The molecule has 4 heteroatoms. The van der Waals surface area contributed by atoms with Crippen LogP contribution in [0, 0.1) is 11.3 Å². The van der Waals surface area contributed by atoms with Crippen molar-refractivity contribution in [3.63, 3.8) is 0 Å². The zero-order chi connectivity index (χ0) is 10.0. The first-order chi connectivity index (χ1) is 6.00. The molecule has 4 nitrogen and oxygen atoms in total. The Balaban J connectivity index is 2.54. The lowest BCUT2D eigenvalue weighted by molar-refractivity contribution is 0.0379. The molecule has 0 aromatic carbocycles. The molecule has 3 atom stereocenters. The molecule has 1 aliphatic rings. The third-order valence-electron chi connectivity index (χ3n) is 2.66. The van der Waals surface area contributed by atoms with Crippen molar-refractivity contribution in [2.24, 2.45) is 11.7 Å². The first-order valence-corrected chi connectivity index (χ1v) is 4.76. The van der Waals surface area contributed by atoms with E-state index in [2.05, 4.69) is 11.8 Å². The van der Waals surface area contributed by atoms with E-state index in [1.807, 2.05) is 6.92 Å². The van der Waals surface area contributed by atoms with Gasteiger partial charge in [0.25, 0.3) is 0 Å². The maximum atomic E-state index is 9.53. The molecule has 0 amide bonds. The van der Waals surface area contributed by atoms with E-state index in [0.29, 0.717) is 12.5 Å². The molecular formula is C9H19N3O. The van der Waals surface area contributed by atoms with Crippen LogP contribution in [0.4, 0.5) is 0 Å². The van der Waals surface area contributed by atoms with E-state index in [4.69, 9.17) is 11.1 Å². The van der Waals surface area contributed by atoms with Gasteiger partial charge in [-0.2, -0.15) is 0 Å². The number of hydrogen-bond donors (Lipinski definition) is 3. The summed E-state index contributed by atoms with van der Waals surface area (Å²) < 4.78 is 0. The van der Waals surface area contributed by atoms with Crippen molar-refractivity contribution in [2.75, 3.05) is 13.1 Å². The number of aliphatic hydroxyl groups excluding tert-OH is 1. The summed E-state index contributed by atoms with van der Waals surface area (Å²) in [6, 6.07) is -0.0441. The number of β-amino-alcohol motifs (C(OH)–C–C–N with tert-alkyl or cyclic N) is 1. The molecule has 1 fully saturated rings. The molecule has 1 heterocycles. The predicted molar refractivity (Wildman–Crippen MR) is 52.7 cm³/mol. The molecule has 13 heavy (non-hydrogen) atoms. The van der Waals surface area contributed by atoms with Crippen molar-refractivity contribution in [2.45, 2.75) is 32.4 Å². The Labute approximate surface area is 79.2 Å². The van der Waals surface area contributed by atoms with Crippen LogP contribution in [0.25, 0.3) is 0 Å². The Morgan fingerprint density at radius 3 is 2.69 bits per heavy atom. The first kappa shape index (κ1) is 10.5. The van der Waals surface area contributed by atoms with E-state index in [9.17, 15) is 5.11 Å². The summed E-state index contributed by atoms with van der Waals surface area (Å²) in [7, 11) is 0. The van der Waals surface area contributed by atoms with Gasteiger partial charge in [-0.1, -0.05) is 6.92 Å². The minimum absolute atomic E-state index is 0.0441. The molecule has 4 N–H and O–H groups in total. The summed E-state index contributed by atoms with van der Waals surface area (Å²) in [5, 5.41) is 16.9. The minimum Gasteiger partial charge on any atom is -0.392 e. The highest BCUT2D eigenvalue weighted by Gasteiger charge is 2.27. The van der Waals surface area contributed by atoms with E-state index in [0.717, 1.165) is 13.0 Å². The lowest BCUT2D eigenvalue weighted by Gasteiger charge is -2.37.